The molecule has 2 N–H and O–H groups in total. The van der Waals surface area contributed by atoms with Crippen LogP contribution in [0.15, 0.2) is 85.0 Å². The molecule has 4 amide bonds. The van der Waals surface area contributed by atoms with Crippen molar-refractivity contribution < 1.29 is 29.0 Å². The fraction of sp³-hybridized carbons (Fsp3) is 0.316. The average molecular weight is 701 g/mol. The highest BCUT2D eigenvalue weighted by atomic mass is 35.5. The van der Waals surface area contributed by atoms with E-state index in [0.29, 0.717) is 46.0 Å². The summed E-state index contributed by atoms with van der Waals surface area (Å²) >= 11 is 12.7. The summed E-state index contributed by atoms with van der Waals surface area (Å²) in [6, 6.07) is 17.1. The second-order valence-electron chi connectivity index (χ2n) is 13.0. The lowest BCUT2D eigenvalue weighted by Crippen LogP contribution is -2.53. The molecule has 0 spiro atoms. The van der Waals surface area contributed by atoms with E-state index in [2.05, 4.69) is 12.0 Å². The Bertz CT molecular complexity index is 1940. The van der Waals surface area contributed by atoms with Gasteiger partial charge < -0.3 is 9.84 Å². The van der Waals surface area contributed by atoms with Crippen LogP contribution in [0.25, 0.3) is 0 Å². The van der Waals surface area contributed by atoms with Gasteiger partial charge in [0.2, 0.25) is 11.8 Å². The third-order valence-electron chi connectivity index (χ3n) is 10.8. The number of methoxy groups -OCH3 is 1. The number of carbonyl (C=O) groups is 4. The second-order valence-corrected chi connectivity index (χ2v) is 13.8. The first-order valence-corrected chi connectivity index (χ1v) is 17.0. The average Bonchev–Trinajstić information content (AvgIpc) is 3.47. The quantitative estimate of drug-likeness (QED) is 0.205. The second kappa shape index (κ2) is 12.4. The Hall–Kier alpha value is -4.60. The number of ether oxygens (including phenoxy) is 1. The largest absolute Gasteiger partial charge is 0.507 e. The number of para-hydroxylation sites is 1. The van der Waals surface area contributed by atoms with E-state index in [1.54, 1.807) is 68.6 Å². The number of benzene rings is 3. The van der Waals surface area contributed by atoms with Gasteiger partial charge in [0.25, 0.3) is 11.8 Å². The van der Waals surface area contributed by atoms with Crippen molar-refractivity contribution in [2.45, 2.75) is 37.5 Å². The standard InChI is InChI=1S/C38H35Cl2N3O6/c1-4-7-20-8-6-9-26(33(20)44)32-24-15-16-25-31(36(47)42(5-2)34(25)45)27(24)19-28-35(46)43(41-30-17-12-22(39)18-29(30)40)37(48)38(28,32)21-10-13-23(49-3)14-11-21/h4,6,8-15,17-18,25,27-28,31-32,41,44H,1,5,7,16,19H2,2-3H3/t25-,27+,28-,31-,32+,38+/m0/s1. The first-order valence-electron chi connectivity index (χ1n) is 16.3. The summed E-state index contributed by atoms with van der Waals surface area (Å²) in [4.78, 5) is 58.8. The smallest absolute Gasteiger partial charge is 0.260 e. The van der Waals surface area contributed by atoms with Gasteiger partial charge in [-0.15, -0.1) is 6.58 Å². The number of imide groups is 2. The molecule has 0 radical (unpaired) electrons. The van der Waals surface area contributed by atoms with Crippen LogP contribution in [0.1, 0.15) is 42.4 Å². The minimum Gasteiger partial charge on any atom is -0.507 e. The number of amides is 4. The van der Waals surface area contributed by atoms with Crippen molar-refractivity contribution >= 4 is 52.5 Å². The van der Waals surface area contributed by atoms with Crippen molar-refractivity contribution in [1.82, 2.24) is 9.91 Å². The zero-order valence-corrected chi connectivity index (χ0v) is 28.5. The summed E-state index contributed by atoms with van der Waals surface area (Å²) in [5.41, 5.74) is 4.08. The van der Waals surface area contributed by atoms with Crippen molar-refractivity contribution in [3.63, 3.8) is 0 Å². The number of anilines is 1. The lowest BCUT2D eigenvalue weighted by molar-refractivity contribution is -0.141. The molecule has 2 saturated heterocycles. The maximum Gasteiger partial charge on any atom is 0.260 e. The molecule has 3 aromatic rings. The predicted molar refractivity (Wildman–Crippen MR) is 185 cm³/mol. The Kier molecular flexibility index (Phi) is 8.32. The maximum absolute atomic E-state index is 15.3. The van der Waals surface area contributed by atoms with Gasteiger partial charge in [0.15, 0.2) is 0 Å². The molecule has 3 fully saturated rings. The SMILES string of the molecule is C=CCc1cccc([C@H]2C3=CC[C@@H]4C(=O)N(CC)C(=O)[C@@H]4[C@@H]3C[C@H]3C(=O)N(Nc4ccc(Cl)cc4Cl)C(=O)[C@@]23c2ccc(OC)cc2)c1O. The van der Waals surface area contributed by atoms with Crippen LogP contribution in [-0.2, 0) is 31.0 Å². The van der Waals surface area contributed by atoms with Crippen LogP contribution < -0.4 is 10.2 Å². The van der Waals surface area contributed by atoms with Gasteiger partial charge in [-0.2, -0.15) is 5.01 Å². The minimum atomic E-state index is -1.56. The number of aromatic hydroxyl groups is 1. The third-order valence-corrected chi connectivity index (χ3v) is 11.4. The van der Waals surface area contributed by atoms with Crippen LogP contribution in [0, 0.1) is 23.7 Å². The Balaban J connectivity index is 1.49. The summed E-state index contributed by atoms with van der Waals surface area (Å²) in [7, 11) is 1.54. The van der Waals surface area contributed by atoms with E-state index in [1.165, 1.54) is 11.0 Å². The lowest BCUT2D eigenvalue weighted by Gasteiger charge is -2.50. The van der Waals surface area contributed by atoms with Gasteiger partial charge in [0.1, 0.15) is 11.5 Å². The van der Waals surface area contributed by atoms with E-state index < -0.39 is 46.8 Å². The topological polar surface area (TPSA) is 116 Å². The summed E-state index contributed by atoms with van der Waals surface area (Å²) < 4.78 is 5.45. The summed E-state index contributed by atoms with van der Waals surface area (Å²) in [5, 5.41) is 13.5. The minimum absolute atomic E-state index is 0.0147. The first-order chi connectivity index (χ1) is 23.6. The Morgan fingerprint density at radius 2 is 1.78 bits per heavy atom. The molecule has 2 heterocycles. The molecule has 252 valence electrons. The molecule has 3 aromatic carbocycles. The van der Waals surface area contributed by atoms with Crippen LogP contribution in [0.5, 0.6) is 11.5 Å². The number of allylic oxidation sites excluding steroid dienone is 3. The van der Waals surface area contributed by atoms with Gasteiger partial charge in [-0.1, -0.05) is 71.3 Å². The predicted octanol–water partition coefficient (Wildman–Crippen LogP) is 6.44. The number of hydrogen-bond acceptors (Lipinski definition) is 7. The zero-order chi connectivity index (χ0) is 34.8. The number of nitrogens with zero attached hydrogens (tertiary/aromatic N) is 2. The highest BCUT2D eigenvalue weighted by molar-refractivity contribution is 6.36. The molecule has 0 unspecified atom stereocenters. The first kappa shape index (κ1) is 32.9. The molecule has 0 bridgehead atoms. The summed E-state index contributed by atoms with van der Waals surface area (Å²) in [6.45, 7) is 5.86. The highest BCUT2D eigenvalue weighted by Gasteiger charge is 2.70. The number of halogens is 2. The summed E-state index contributed by atoms with van der Waals surface area (Å²) in [6.07, 6.45) is 4.45. The van der Waals surface area contributed by atoms with Crippen molar-refractivity contribution in [2.75, 3.05) is 19.1 Å². The van der Waals surface area contributed by atoms with E-state index >= 15 is 4.79 Å². The van der Waals surface area contributed by atoms with Crippen LogP contribution in [0.2, 0.25) is 10.0 Å². The van der Waals surface area contributed by atoms with Crippen molar-refractivity contribution in [1.29, 1.82) is 0 Å². The number of nitrogens with one attached hydrogen (secondary N) is 1. The number of carbonyl (C=O) groups excluding carboxylic acids is 4. The fourth-order valence-corrected chi connectivity index (χ4v) is 9.18. The monoisotopic (exact) mass is 699 g/mol. The van der Waals surface area contributed by atoms with Crippen molar-refractivity contribution in [3.8, 4) is 11.5 Å². The highest BCUT2D eigenvalue weighted by Crippen LogP contribution is 2.65. The molecule has 9 nitrogen and oxygen atoms in total. The number of rotatable bonds is 8. The van der Waals surface area contributed by atoms with Crippen molar-refractivity contribution in [2.24, 2.45) is 23.7 Å². The maximum atomic E-state index is 15.3. The molecule has 7 rings (SSSR count). The van der Waals surface area contributed by atoms with Crippen LogP contribution >= 0.6 is 23.2 Å². The summed E-state index contributed by atoms with van der Waals surface area (Å²) in [5.74, 6) is -4.65. The van der Waals surface area contributed by atoms with E-state index in [-0.39, 0.29) is 35.6 Å². The van der Waals surface area contributed by atoms with Gasteiger partial charge in [0, 0.05) is 23.0 Å². The Morgan fingerprint density at radius 3 is 2.45 bits per heavy atom. The molecule has 2 aliphatic carbocycles. The van der Waals surface area contributed by atoms with E-state index in [9.17, 15) is 19.5 Å². The fourth-order valence-electron chi connectivity index (χ4n) is 8.73. The van der Waals surface area contributed by atoms with Crippen molar-refractivity contribution in [3.05, 3.63) is 112 Å². The van der Waals surface area contributed by atoms with Crippen LogP contribution in [0.4, 0.5) is 5.69 Å². The molecule has 49 heavy (non-hydrogen) atoms. The third kappa shape index (κ3) is 4.81. The molecular weight excluding hydrogens is 665 g/mol. The molecule has 2 aliphatic heterocycles. The number of phenolic OH excluding ortho intramolecular Hbond substituents is 1. The van der Waals surface area contributed by atoms with E-state index in [4.69, 9.17) is 27.9 Å². The molecule has 11 heteroatoms. The van der Waals surface area contributed by atoms with Crippen LogP contribution in [-0.4, -0.2) is 52.3 Å². The molecule has 1 saturated carbocycles. The Labute approximate surface area is 294 Å². The molecule has 4 aliphatic rings. The lowest BCUT2D eigenvalue weighted by atomic mass is 9.49. The number of fused-ring (bicyclic) bond motifs is 4. The number of hydrazine groups is 1. The Morgan fingerprint density at radius 1 is 1.02 bits per heavy atom. The van der Waals surface area contributed by atoms with Gasteiger partial charge >= 0.3 is 0 Å². The number of hydrogen-bond donors (Lipinski definition) is 2. The molecular formula is C38H35Cl2N3O6. The molecule has 0 aromatic heterocycles. The van der Waals surface area contributed by atoms with Gasteiger partial charge in [-0.3, -0.25) is 29.5 Å². The van der Waals surface area contributed by atoms with Gasteiger partial charge in [-0.25, -0.2) is 0 Å². The van der Waals surface area contributed by atoms with Crippen LogP contribution in [0.3, 0.4) is 0 Å². The van der Waals surface area contributed by atoms with E-state index in [0.717, 1.165) is 10.6 Å². The van der Waals surface area contributed by atoms with Gasteiger partial charge in [-0.05, 0) is 73.6 Å². The number of phenols is 1. The van der Waals surface area contributed by atoms with Gasteiger partial charge in [0.05, 0.1) is 41.0 Å². The zero-order valence-electron chi connectivity index (χ0n) is 27.0. The van der Waals surface area contributed by atoms with E-state index in [1.807, 2.05) is 12.1 Å². The normalized spacial score (nSPS) is 27.4. The molecule has 6 atom stereocenters. The number of likely N-dealkylation sites (tertiary alicyclic amines) is 1.